The first kappa shape index (κ1) is 15.9. The number of rotatable bonds is 7. The molecule has 1 fully saturated rings. The van der Waals surface area contributed by atoms with Crippen LogP contribution in [0, 0.1) is 5.92 Å². The molecule has 1 aromatic rings. The normalized spacial score (nSPS) is 26.6. The van der Waals surface area contributed by atoms with E-state index >= 15 is 0 Å². The maximum absolute atomic E-state index is 9.87. The van der Waals surface area contributed by atoms with Crippen LogP contribution in [0.4, 0.5) is 0 Å². The van der Waals surface area contributed by atoms with Crippen LogP contribution < -0.4 is 5.32 Å². The van der Waals surface area contributed by atoms with Crippen molar-refractivity contribution in [2.24, 2.45) is 13.0 Å². The molecule has 0 bridgehead atoms. The van der Waals surface area contributed by atoms with Crippen LogP contribution in [0.15, 0.2) is 17.3 Å². The van der Waals surface area contributed by atoms with Gasteiger partial charge in [-0.1, -0.05) is 20.3 Å². The zero-order valence-electron chi connectivity index (χ0n) is 12.8. The summed E-state index contributed by atoms with van der Waals surface area (Å²) < 4.78 is 1.84. The van der Waals surface area contributed by atoms with Gasteiger partial charge in [-0.3, -0.25) is 4.68 Å². The average Bonchev–Trinajstić information content (AvgIpc) is 2.97. The molecule has 1 saturated carbocycles. The third-order valence-corrected chi connectivity index (χ3v) is 5.22. The van der Waals surface area contributed by atoms with Crippen LogP contribution in [-0.2, 0) is 7.05 Å². The Hall–Kier alpha value is -0.520. The fourth-order valence-corrected chi connectivity index (χ4v) is 4.36. The van der Waals surface area contributed by atoms with Crippen LogP contribution in [0.25, 0.3) is 0 Å². The van der Waals surface area contributed by atoms with Crippen molar-refractivity contribution in [1.82, 2.24) is 15.1 Å². The Morgan fingerprint density at radius 3 is 3.00 bits per heavy atom. The van der Waals surface area contributed by atoms with Gasteiger partial charge in [0.2, 0.25) is 0 Å². The average molecular weight is 297 g/mol. The molecule has 5 heteroatoms. The number of aryl methyl sites for hydroxylation is 1. The molecule has 4 nitrogen and oxygen atoms in total. The summed E-state index contributed by atoms with van der Waals surface area (Å²) in [5.41, 5.74) is -0.0519. The number of aliphatic hydroxyl groups excluding tert-OH is 1. The number of aromatic nitrogens is 2. The molecular weight excluding hydrogens is 270 g/mol. The largest absolute Gasteiger partial charge is 0.394 e. The van der Waals surface area contributed by atoms with Crippen molar-refractivity contribution in [3.05, 3.63) is 12.4 Å². The van der Waals surface area contributed by atoms with Crippen molar-refractivity contribution in [2.75, 3.05) is 12.4 Å². The summed E-state index contributed by atoms with van der Waals surface area (Å²) in [6, 6.07) is 0.425. The van der Waals surface area contributed by atoms with Crippen molar-refractivity contribution in [3.8, 4) is 0 Å². The predicted octanol–water partition coefficient (Wildman–Crippen LogP) is 2.43. The summed E-state index contributed by atoms with van der Waals surface area (Å²) in [6.07, 6.45) is 8.69. The third kappa shape index (κ3) is 3.77. The molecule has 1 aliphatic carbocycles. The Kier molecular flexibility index (Phi) is 5.52. The van der Waals surface area contributed by atoms with Crippen molar-refractivity contribution in [2.45, 2.75) is 56.0 Å². The number of hydrogen-bond donors (Lipinski definition) is 2. The molecule has 1 aromatic heterocycles. The van der Waals surface area contributed by atoms with Gasteiger partial charge < -0.3 is 10.4 Å². The summed E-state index contributed by atoms with van der Waals surface area (Å²) >= 11 is 1.87. The second-order valence-corrected chi connectivity index (χ2v) is 7.36. The third-order valence-electron chi connectivity index (χ3n) is 4.23. The van der Waals surface area contributed by atoms with Gasteiger partial charge in [0.1, 0.15) is 0 Å². The molecule has 1 aliphatic rings. The minimum absolute atomic E-state index is 0.0519. The molecule has 0 spiro atoms. The number of nitrogens with one attached hydrogen (secondary N) is 1. The summed E-state index contributed by atoms with van der Waals surface area (Å²) in [6.45, 7) is 4.59. The highest BCUT2D eigenvalue weighted by atomic mass is 32.2. The standard InChI is InChI=1S/C15H27N3OS/c1-12(2)17-15(11-19)7-4-5-13(15)6-8-20-14-9-16-18(3)10-14/h9-10,12-13,17,19H,4-8,11H2,1-3H3. The molecule has 0 amide bonds. The fraction of sp³-hybridized carbons (Fsp3) is 0.800. The van der Waals surface area contributed by atoms with Gasteiger partial charge in [-0.05, 0) is 30.9 Å². The minimum Gasteiger partial charge on any atom is -0.394 e. The van der Waals surface area contributed by atoms with Gasteiger partial charge >= 0.3 is 0 Å². The van der Waals surface area contributed by atoms with E-state index in [4.69, 9.17) is 0 Å². The molecule has 20 heavy (non-hydrogen) atoms. The topological polar surface area (TPSA) is 50.1 Å². The molecule has 114 valence electrons. The molecule has 1 heterocycles. The van der Waals surface area contributed by atoms with Gasteiger partial charge in [0.05, 0.1) is 12.8 Å². The lowest BCUT2D eigenvalue weighted by Gasteiger charge is -2.37. The lowest BCUT2D eigenvalue weighted by atomic mass is 9.85. The van der Waals surface area contributed by atoms with E-state index in [-0.39, 0.29) is 12.1 Å². The number of nitrogens with zero attached hydrogens (tertiary/aromatic N) is 2. The highest BCUT2D eigenvalue weighted by Crippen LogP contribution is 2.39. The van der Waals surface area contributed by atoms with Crippen LogP contribution >= 0.6 is 11.8 Å². The highest BCUT2D eigenvalue weighted by Gasteiger charge is 2.41. The second kappa shape index (κ2) is 6.96. The molecule has 2 atom stereocenters. The van der Waals surface area contributed by atoms with Gasteiger partial charge in [0.25, 0.3) is 0 Å². The Bertz CT molecular complexity index is 421. The summed E-state index contributed by atoms with van der Waals surface area (Å²) in [5.74, 6) is 1.68. The molecule has 0 radical (unpaired) electrons. The Balaban J connectivity index is 1.87. The summed E-state index contributed by atoms with van der Waals surface area (Å²) in [4.78, 5) is 1.23. The minimum atomic E-state index is -0.0519. The Morgan fingerprint density at radius 2 is 2.40 bits per heavy atom. The van der Waals surface area contributed by atoms with E-state index in [9.17, 15) is 5.11 Å². The van der Waals surface area contributed by atoms with E-state index in [0.717, 1.165) is 18.6 Å². The number of thioether (sulfide) groups is 1. The van der Waals surface area contributed by atoms with Crippen LogP contribution in [0.1, 0.15) is 39.5 Å². The smallest absolute Gasteiger partial charge is 0.0625 e. The van der Waals surface area contributed by atoms with Crippen molar-refractivity contribution in [1.29, 1.82) is 0 Å². The number of aliphatic hydroxyl groups is 1. The molecule has 2 rings (SSSR count). The lowest BCUT2D eigenvalue weighted by molar-refractivity contribution is 0.113. The van der Waals surface area contributed by atoms with Crippen molar-refractivity contribution < 1.29 is 5.11 Å². The Labute approximate surface area is 126 Å². The predicted molar refractivity (Wildman–Crippen MR) is 84.0 cm³/mol. The second-order valence-electron chi connectivity index (χ2n) is 6.19. The van der Waals surface area contributed by atoms with Gasteiger partial charge in [-0.15, -0.1) is 11.8 Å². The molecule has 2 unspecified atom stereocenters. The summed E-state index contributed by atoms with van der Waals surface area (Å²) in [5, 5.41) is 17.7. The quantitative estimate of drug-likeness (QED) is 0.759. The van der Waals surface area contributed by atoms with E-state index in [1.807, 2.05) is 29.7 Å². The molecule has 0 saturated heterocycles. The van der Waals surface area contributed by atoms with Crippen LogP contribution in [0.2, 0.25) is 0 Å². The monoisotopic (exact) mass is 297 g/mol. The van der Waals surface area contributed by atoms with Crippen LogP contribution in [0.5, 0.6) is 0 Å². The molecular formula is C15H27N3OS. The van der Waals surface area contributed by atoms with Crippen LogP contribution in [0.3, 0.4) is 0 Å². The van der Waals surface area contributed by atoms with Gasteiger partial charge in [-0.2, -0.15) is 5.10 Å². The van der Waals surface area contributed by atoms with Gasteiger partial charge in [-0.25, -0.2) is 0 Å². The maximum atomic E-state index is 9.87. The van der Waals surface area contributed by atoms with Crippen LogP contribution in [-0.4, -0.2) is 38.8 Å². The fourth-order valence-electron chi connectivity index (χ4n) is 3.38. The van der Waals surface area contributed by atoms with Crippen molar-refractivity contribution in [3.63, 3.8) is 0 Å². The van der Waals surface area contributed by atoms with Gasteiger partial charge in [0, 0.05) is 29.7 Å². The molecule has 0 aliphatic heterocycles. The highest BCUT2D eigenvalue weighted by molar-refractivity contribution is 7.99. The van der Waals surface area contributed by atoms with Crippen molar-refractivity contribution >= 4 is 11.8 Å². The molecule has 0 aromatic carbocycles. The first-order valence-electron chi connectivity index (χ1n) is 7.56. The first-order valence-corrected chi connectivity index (χ1v) is 8.54. The van der Waals surface area contributed by atoms with E-state index in [1.54, 1.807) is 0 Å². The summed E-state index contributed by atoms with van der Waals surface area (Å²) in [7, 11) is 1.95. The maximum Gasteiger partial charge on any atom is 0.0625 e. The molecule has 2 N–H and O–H groups in total. The van der Waals surface area contributed by atoms with Gasteiger partial charge in [0.15, 0.2) is 0 Å². The zero-order chi connectivity index (χ0) is 14.6. The number of hydrogen-bond acceptors (Lipinski definition) is 4. The van der Waals surface area contributed by atoms with E-state index < -0.39 is 0 Å². The first-order chi connectivity index (χ1) is 9.55. The SMILES string of the molecule is CC(C)NC1(CO)CCCC1CCSc1cnn(C)c1. The van der Waals surface area contributed by atoms with E-state index in [0.29, 0.717) is 12.0 Å². The lowest BCUT2D eigenvalue weighted by Crippen LogP contribution is -2.54. The Morgan fingerprint density at radius 1 is 1.60 bits per heavy atom. The van der Waals surface area contributed by atoms with E-state index in [1.165, 1.54) is 17.7 Å². The zero-order valence-corrected chi connectivity index (χ0v) is 13.6. The van der Waals surface area contributed by atoms with E-state index in [2.05, 4.69) is 30.5 Å².